The fourth-order valence-electron chi connectivity index (χ4n) is 3.20. The third-order valence-electron chi connectivity index (χ3n) is 4.17. The summed E-state index contributed by atoms with van der Waals surface area (Å²) in [6, 6.07) is 0. The highest BCUT2D eigenvalue weighted by molar-refractivity contribution is 5.69. The maximum atomic E-state index is 12.0. The monoisotopic (exact) mass is 255 g/mol. The van der Waals surface area contributed by atoms with Crippen LogP contribution in [0.3, 0.4) is 0 Å². The summed E-state index contributed by atoms with van der Waals surface area (Å²) >= 11 is 0. The van der Waals surface area contributed by atoms with E-state index < -0.39 is 11.8 Å². The molecule has 1 saturated heterocycles. The van der Waals surface area contributed by atoms with Gasteiger partial charge in [-0.15, -0.1) is 0 Å². The van der Waals surface area contributed by atoms with E-state index in [0.29, 0.717) is 6.54 Å². The van der Waals surface area contributed by atoms with Gasteiger partial charge in [0, 0.05) is 12.0 Å². The number of hydrogen-bond acceptors (Lipinski definition) is 3. The minimum absolute atomic E-state index is 0.0604. The van der Waals surface area contributed by atoms with Gasteiger partial charge >= 0.3 is 6.09 Å². The average Bonchev–Trinajstić information content (AvgIpc) is 2.56. The second-order valence-corrected chi connectivity index (χ2v) is 6.72. The van der Waals surface area contributed by atoms with Crippen molar-refractivity contribution in [1.82, 2.24) is 4.90 Å². The molecule has 2 fully saturated rings. The first-order chi connectivity index (χ1) is 8.34. The normalized spacial score (nSPS) is 27.6. The first-order valence-electron chi connectivity index (χ1n) is 7.02. The van der Waals surface area contributed by atoms with Crippen LogP contribution in [-0.2, 0) is 4.74 Å². The van der Waals surface area contributed by atoms with Crippen LogP contribution in [0.4, 0.5) is 4.79 Å². The van der Waals surface area contributed by atoms with Crippen molar-refractivity contribution in [2.24, 2.45) is 5.41 Å². The molecule has 1 aliphatic heterocycles. The molecular weight excluding hydrogens is 230 g/mol. The van der Waals surface area contributed by atoms with Crippen molar-refractivity contribution < 1.29 is 14.6 Å². The molecule has 4 nitrogen and oxygen atoms in total. The second-order valence-electron chi connectivity index (χ2n) is 6.72. The van der Waals surface area contributed by atoms with Crippen molar-refractivity contribution in [3.63, 3.8) is 0 Å². The molecule has 0 radical (unpaired) electrons. The number of carbonyl (C=O) groups is 1. The SMILES string of the molecule is CC(C)(C)OC(=O)N1CCC2(CCCCC2)C1O. The van der Waals surface area contributed by atoms with Gasteiger partial charge in [-0.05, 0) is 40.0 Å². The molecule has 0 aromatic carbocycles. The quantitative estimate of drug-likeness (QED) is 0.724. The first kappa shape index (κ1) is 13.7. The van der Waals surface area contributed by atoms with E-state index in [1.165, 1.54) is 24.2 Å². The van der Waals surface area contributed by atoms with E-state index in [-0.39, 0.29) is 11.5 Å². The van der Waals surface area contributed by atoms with Gasteiger partial charge in [0.25, 0.3) is 0 Å². The van der Waals surface area contributed by atoms with Crippen molar-refractivity contribution in [2.45, 2.75) is 71.1 Å². The van der Waals surface area contributed by atoms with E-state index in [0.717, 1.165) is 19.3 Å². The summed E-state index contributed by atoms with van der Waals surface area (Å²) in [6.45, 7) is 6.17. The predicted molar refractivity (Wildman–Crippen MR) is 69.1 cm³/mol. The Morgan fingerprint density at radius 3 is 2.39 bits per heavy atom. The molecule has 0 aromatic rings. The molecule has 1 aliphatic carbocycles. The zero-order valence-electron chi connectivity index (χ0n) is 11.7. The molecule has 1 N–H and O–H groups in total. The average molecular weight is 255 g/mol. The standard InChI is InChI=1S/C14H25NO3/c1-13(2,3)18-12(17)15-10-9-14(11(15)16)7-5-4-6-8-14/h11,16H,4-10H2,1-3H3. The summed E-state index contributed by atoms with van der Waals surface area (Å²) in [4.78, 5) is 13.6. The fourth-order valence-corrected chi connectivity index (χ4v) is 3.20. The van der Waals surface area contributed by atoms with Gasteiger partial charge in [-0.3, -0.25) is 4.90 Å². The van der Waals surface area contributed by atoms with Gasteiger partial charge < -0.3 is 9.84 Å². The predicted octanol–water partition coefficient (Wildman–Crippen LogP) is 2.90. The van der Waals surface area contributed by atoms with Crippen LogP contribution in [0.25, 0.3) is 0 Å². The maximum absolute atomic E-state index is 12.0. The van der Waals surface area contributed by atoms with Crippen molar-refractivity contribution in [1.29, 1.82) is 0 Å². The summed E-state index contributed by atoms with van der Waals surface area (Å²) in [7, 11) is 0. The summed E-state index contributed by atoms with van der Waals surface area (Å²) < 4.78 is 5.35. The summed E-state index contributed by atoms with van der Waals surface area (Å²) in [6.07, 6.45) is 5.53. The van der Waals surface area contributed by atoms with E-state index in [1.807, 2.05) is 20.8 Å². The fraction of sp³-hybridized carbons (Fsp3) is 0.929. The van der Waals surface area contributed by atoms with Crippen LogP contribution in [0, 0.1) is 5.41 Å². The van der Waals surface area contributed by atoms with Gasteiger partial charge in [0.05, 0.1) is 0 Å². The lowest BCUT2D eigenvalue weighted by Crippen LogP contribution is -2.45. The molecule has 1 atom stereocenters. The summed E-state index contributed by atoms with van der Waals surface area (Å²) in [5.74, 6) is 0. The van der Waals surface area contributed by atoms with Crippen molar-refractivity contribution in [2.75, 3.05) is 6.54 Å². The number of carbonyl (C=O) groups excluding carboxylic acids is 1. The molecule has 0 aromatic heterocycles. The van der Waals surface area contributed by atoms with Gasteiger partial charge in [0.15, 0.2) is 0 Å². The molecule has 2 aliphatic rings. The lowest BCUT2D eigenvalue weighted by Gasteiger charge is -2.37. The third kappa shape index (κ3) is 2.63. The van der Waals surface area contributed by atoms with Crippen LogP contribution in [0.1, 0.15) is 59.3 Å². The lowest BCUT2D eigenvalue weighted by molar-refractivity contribution is -0.0642. The molecule has 1 unspecified atom stereocenters. The summed E-state index contributed by atoms with van der Waals surface area (Å²) in [5, 5.41) is 10.5. The molecule has 1 spiro atoms. The van der Waals surface area contributed by atoms with E-state index in [9.17, 15) is 9.90 Å². The number of likely N-dealkylation sites (tertiary alicyclic amines) is 1. The van der Waals surface area contributed by atoms with Gasteiger partial charge in [0.1, 0.15) is 11.8 Å². The topological polar surface area (TPSA) is 49.8 Å². The molecule has 2 rings (SSSR count). The van der Waals surface area contributed by atoms with E-state index in [1.54, 1.807) is 0 Å². The smallest absolute Gasteiger partial charge is 0.412 e. The van der Waals surface area contributed by atoms with Crippen LogP contribution >= 0.6 is 0 Å². The molecule has 1 saturated carbocycles. The van der Waals surface area contributed by atoms with Crippen LogP contribution in [0.5, 0.6) is 0 Å². The van der Waals surface area contributed by atoms with Crippen LogP contribution in [-0.4, -0.2) is 34.5 Å². The van der Waals surface area contributed by atoms with E-state index in [4.69, 9.17) is 4.74 Å². The third-order valence-corrected chi connectivity index (χ3v) is 4.17. The number of amides is 1. The molecule has 1 amide bonds. The minimum Gasteiger partial charge on any atom is -0.444 e. The zero-order valence-corrected chi connectivity index (χ0v) is 11.7. The Balaban J connectivity index is 2.02. The van der Waals surface area contributed by atoms with Crippen molar-refractivity contribution >= 4 is 6.09 Å². The molecule has 4 heteroatoms. The van der Waals surface area contributed by atoms with Crippen molar-refractivity contribution in [3.8, 4) is 0 Å². The van der Waals surface area contributed by atoms with Crippen LogP contribution in [0.2, 0.25) is 0 Å². The Labute approximate surface area is 109 Å². The molecular formula is C14H25NO3. The van der Waals surface area contributed by atoms with Gasteiger partial charge in [0.2, 0.25) is 0 Å². The highest BCUT2D eigenvalue weighted by Crippen LogP contribution is 2.47. The van der Waals surface area contributed by atoms with E-state index in [2.05, 4.69) is 0 Å². The zero-order chi connectivity index (χ0) is 13.4. The van der Waals surface area contributed by atoms with Gasteiger partial charge in [-0.25, -0.2) is 4.79 Å². The minimum atomic E-state index is -0.660. The number of aliphatic hydroxyl groups excluding tert-OH is 1. The first-order valence-corrected chi connectivity index (χ1v) is 7.02. The number of hydrogen-bond donors (Lipinski definition) is 1. The van der Waals surface area contributed by atoms with Gasteiger partial charge in [-0.1, -0.05) is 19.3 Å². The van der Waals surface area contributed by atoms with Crippen LogP contribution in [0.15, 0.2) is 0 Å². The Bertz CT molecular complexity index is 315. The number of ether oxygens (including phenoxy) is 1. The molecule has 18 heavy (non-hydrogen) atoms. The molecule has 1 heterocycles. The Kier molecular flexibility index (Phi) is 3.58. The molecule has 0 bridgehead atoms. The highest BCUT2D eigenvalue weighted by atomic mass is 16.6. The highest BCUT2D eigenvalue weighted by Gasteiger charge is 2.49. The number of nitrogens with zero attached hydrogens (tertiary/aromatic N) is 1. The molecule has 104 valence electrons. The van der Waals surface area contributed by atoms with E-state index >= 15 is 0 Å². The Morgan fingerprint density at radius 1 is 1.22 bits per heavy atom. The van der Waals surface area contributed by atoms with Gasteiger partial charge in [-0.2, -0.15) is 0 Å². The second kappa shape index (κ2) is 4.72. The Hall–Kier alpha value is -0.770. The van der Waals surface area contributed by atoms with Crippen LogP contribution < -0.4 is 0 Å². The number of aliphatic hydroxyl groups is 1. The maximum Gasteiger partial charge on any atom is 0.412 e. The summed E-state index contributed by atoms with van der Waals surface area (Å²) in [5.41, 5.74) is -0.561. The van der Waals surface area contributed by atoms with Crippen molar-refractivity contribution in [3.05, 3.63) is 0 Å². The number of rotatable bonds is 0. The lowest BCUT2D eigenvalue weighted by atomic mass is 9.72. The Morgan fingerprint density at radius 2 is 1.83 bits per heavy atom. The largest absolute Gasteiger partial charge is 0.444 e.